The Morgan fingerprint density at radius 1 is 1.29 bits per heavy atom. The Bertz CT molecular complexity index is 355. The van der Waals surface area contributed by atoms with Gasteiger partial charge in [-0.1, -0.05) is 13.5 Å². The third-order valence-corrected chi connectivity index (χ3v) is 1.53. The fourth-order valence-corrected chi connectivity index (χ4v) is 0.719. The van der Waals surface area contributed by atoms with Gasteiger partial charge in [0.05, 0.1) is 0 Å². The molecule has 1 atom stereocenters. The van der Waals surface area contributed by atoms with Gasteiger partial charge in [-0.3, -0.25) is 0 Å². The zero-order chi connectivity index (χ0) is 13.4. The van der Waals surface area contributed by atoms with Crippen molar-refractivity contribution in [3.63, 3.8) is 0 Å². The van der Waals surface area contributed by atoms with E-state index in [0.717, 1.165) is 6.08 Å². The summed E-state index contributed by atoms with van der Waals surface area (Å²) >= 11 is 0. The van der Waals surface area contributed by atoms with E-state index >= 15 is 0 Å². The third kappa shape index (κ3) is 6.88. The zero-order valence-electron chi connectivity index (χ0n) is 9.63. The minimum atomic E-state index is -1.27. The SMILES string of the molecule is C=C(C)C(=O)OC(CC)OC(=O)C=CC(=O)O. The number of ether oxygens (including phenoxy) is 2. The van der Waals surface area contributed by atoms with Crippen molar-refractivity contribution in [3.8, 4) is 0 Å². The van der Waals surface area contributed by atoms with Crippen LogP contribution in [0.15, 0.2) is 24.3 Å². The molecule has 94 valence electrons. The van der Waals surface area contributed by atoms with Crippen molar-refractivity contribution in [2.24, 2.45) is 0 Å². The Kier molecular flexibility index (Phi) is 6.32. The van der Waals surface area contributed by atoms with E-state index in [2.05, 4.69) is 6.58 Å². The average Bonchev–Trinajstić information content (AvgIpc) is 2.25. The molecular weight excluding hydrogens is 228 g/mol. The number of hydrogen-bond donors (Lipinski definition) is 1. The first-order valence-corrected chi connectivity index (χ1v) is 4.85. The number of carbonyl (C=O) groups is 3. The number of carboxylic acids is 1. The molecule has 0 amide bonds. The number of aliphatic carboxylic acids is 1. The van der Waals surface area contributed by atoms with Crippen LogP contribution in [-0.4, -0.2) is 29.3 Å². The summed E-state index contributed by atoms with van der Waals surface area (Å²) in [5.74, 6) is -2.84. The highest BCUT2D eigenvalue weighted by Crippen LogP contribution is 2.05. The summed E-state index contributed by atoms with van der Waals surface area (Å²) < 4.78 is 9.47. The first-order chi connectivity index (χ1) is 7.86. The van der Waals surface area contributed by atoms with E-state index in [0.29, 0.717) is 6.08 Å². The lowest BCUT2D eigenvalue weighted by Crippen LogP contribution is -2.23. The second-order valence-electron chi connectivity index (χ2n) is 3.13. The van der Waals surface area contributed by atoms with Gasteiger partial charge >= 0.3 is 17.9 Å². The van der Waals surface area contributed by atoms with Gasteiger partial charge in [-0.05, 0) is 6.92 Å². The smallest absolute Gasteiger partial charge is 0.336 e. The number of rotatable bonds is 6. The van der Waals surface area contributed by atoms with Crippen molar-refractivity contribution < 1.29 is 29.0 Å². The summed E-state index contributed by atoms with van der Waals surface area (Å²) in [6.45, 7) is 6.48. The molecule has 0 spiro atoms. The van der Waals surface area contributed by atoms with Gasteiger partial charge in [-0.25, -0.2) is 14.4 Å². The van der Waals surface area contributed by atoms with E-state index < -0.39 is 24.2 Å². The third-order valence-electron chi connectivity index (χ3n) is 1.53. The van der Waals surface area contributed by atoms with E-state index in [4.69, 9.17) is 14.6 Å². The normalized spacial score (nSPS) is 11.9. The van der Waals surface area contributed by atoms with Crippen molar-refractivity contribution in [3.05, 3.63) is 24.3 Å². The van der Waals surface area contributed by atoms with Crippen molar-refractivity contribution in [2.75, 3.05) is 0 Å². The van der Waals surface area contributed by atoms with Crippen LogP contribution < -0.4 is 0 Å². The molecule has 0 aliphatic rings. The van der Waals surface area contributed by atoms with E-state index in [1.165, 1.54) is 6.92 Å². The maximum Gasteiger partial charge on any atom is 0.336 e. The Balaban J connectivity index is 4.31. The molecule has 0 aromatic heterocycles. The van der Waals surface area contributed by atoms with Gasteiger partial charge in [0, 0.05) is 24.1 Å². The largest absolute Gasteiger partial charge is 0.478 e. The van der Waals surface area contributed by atoms with E-state index in [-0.39, 0.29) is 12.0 Å². The molecule has 0 aromatic rings. The predicted octanol–water partition coefficient (Wildman–Crippen LogP) is 1.03. The lowest BCUT2D eigenvalue weighted by atomic mass is 10.3. The summed E-state index contributed by atoms with van der Waals surface area (Å²) in [4.78, 5) is 32.4. The fraction of sp³-hybridized carbons (Fsp3) is 0.364. The van der Waals surface area contributed by atoms with Crippen LogP contribution in [0.2, 0.25) is 0 Å². The van der Waals surface area contributed by atoms with Crippen LogP contribution in [0, 0.1) is 0 Å². The molecule has 0 saturated heterocycles. The molecule has 0 bridgehead atoms. The highest BCUT2D eigenvalue weighted by Gasteiger charge is 2.16. The van der Waals surface area contributed by atoms with Crippen LogP contribution >= 0.6 is 0 Å². The summed E-state index contributed by atoms with van der Waals surface area (Å²) in [6, 6.07) is 0. The molecule has 0 aliphatic carbocycles. The standard InChI is InChI=1S/C11H14O6/c1-4-10(17-11(15)7(2)3)16-9(14)6-5-8(12)13/h5-6,10H,2,4H2,1,3H3,(H,12,13). The fourth-order valence-electron chi connectivity index (χ4n) is 0.719. The minimum absolute atomic E-state index is 0.181. The lowest BCUT2D eigenvalue weighted by molar-refractivity contribution is -0.182. The van der Waals surface area contributed by atoms with E-state index in [9.17, 15) is 14.4 Å². The number of carbonyl (C=O) groups excluding carboxylic acids is 2. The molecule has 1 N–H and O–H groups in total. The van der Waals surface area contributed by atoms with E-state index in [1.807, 2.05) is 0 Å². The summed E-state index contributed by atoms with van der Waals surface area (Å²) in [7, 11) is 0. The van der Waals surface area contributed by atoms with Gasteiger partial charge in [0.25, 0.3) is 0 Å². The Hall–Kier alpha value is -2.11. The van der Waals surface area contributed by atoms with Crippen LogP contribution in [0.3, 0.4) is 0 Å². The molecule has 0 aromatic carbocycles. The van der Waals surface area contributed by atoms with Gasteiger partial charge in [-0.2, -0.15) is 0 Å². The molecule has 6 heteroatoms. The van der Waals surface area contributed by atoms with Crippen molar-refractivity contribution >= 4 is 17.9 Å². The highest BCUT2D eigenvalue weighted by molar-refractivity contribution is 5.91. The van der Waals surface area contributed by atoms with Gasteiger partial charge in [-0.15, -0.1) is 0 Å². The molecule has 1 unspecified atom stereocenters. The molecule has 0 aliphatic heterocycles. The van der Waals surface area contributed by atoms with Crippen molar-refractivity contribution in [2.45, 2.75) is 26.6 Å². The second kappa shape index (κ2) is 7.21. The van der Waals surface area contributed by atoms with Crippen molar-refractivity contribution in [1.82, 2.24) is 0 Å². The van der Waals surface area contributed by atoms with Gasteiger partial charge in [0.2, 0.25) is 6.29 Å². The Morgan fingerprint density at radius 3 is 2.29 bits per heavy atom. The molecule has 0 heterocycles. The Labute approximate surface area is 98.5 Å². The van der Waals surface area contributed by atoms with Crippen LogP contribution in [-0.2, 0) is 23.9 Å². The minimum Gasteiger partial charge on any atom is -0.478 e. The Morgan fingerprint density at radius 2 is 1.88 bits per heavy atom. The highest BCUT2D eigenvalue weighted by atomic mass is 16.7. The molecule has 0 saturated carbocycles. The molecule has 17 heavy (non-hydrogen) atoms. The molecule has 0 rings (SSSR count). The van der Waals surface area contributed by atoms with Gasteiger partial charge in [0.15, 0.2) is 0 Å². The van der Waals surface area contributed by atoms with E-state index in [1.54, 1.807) is 6.92 Å². The molecule has 6 nitrogen and oxygen atoms in total. The molecular formula is C11H14O6. The van der Waals surface area contributed by atoms with Crippen LogP contribution in [0.1, 0.15) is 20.3 Å². The zero-order valence-corrected chi connectivity index (χ0v) is 9.63. The molecule has 0 radical (unpaired) electrons. The monoisotopic (exact) mass is 242 g/mol. The molecule has 0 fully saturated rings. The number of hydrogen-bond acceptors (Lipinski definition) is 5. The van der Waals surface area contributed by atoms with Crippen LogP contribution in [0.5, 0.6) is 0 Å². The maximum absolute atomic E-state index is 11.1. The van der Waals surface area contributed by atoms with Gasteiger partial charge in [0.1, 0.15) is 0 Å². The second-order valence-corrected chi connectivity index (χ2v) is 3.13. The lowest BCUT2D eigenvalue weighted by Gasteiger charge is -2.15. The quantitative estimate of drug-likeness (QED) is 0.425. The van der Waals surface area contributed by atoms with Gasteiger partial charge < -0.3 is 14.6 Å². The summed E-state index contributed by atoms with van der Waals surface area (Å²) in [6.07, 6.45) is 0.575. The summed E-state index contributed by atoms with van der Waals surface area (Å²) in [5.41, 5.74) is 0.181. The topological polar surface area (TPSA) is 89.9 Å². The predicted molar refractivity (Wildman–Crippen MR) is 57.9 cm³/mol. The average molecular weight is 242 g/mol. The van der Waals surface area contributed by atoms with Crippen LogP contribution in [0.4, 0.5) is 0 Å². The van der Waals surface area contributed by atoms with Crippen molar-refractivity contribution in [1.29, 1.82) is 0 Å². The van der Waals surface area contributed by atoms with Crippen LogP contribution in [0.25, 0.3) is 0 Å². The number of esters is 2. The first kappa shape index (κ1) is 14.9. The maximum atomic E-state index is 11.1. The first-order valence-electron chi connectivity index (χ1n) is 4.85. The number of carboxylic acid groups (broad SMARTS) is 1. The summed E-state index contributed by atoms with van der Waals surface area (Å²) in [5, 5.41) is 8.28.